The fraction of sp³-hybridized carbons (Fsp3) is 0.333. The lowest BCUT2D eigenvalue weighted by molar-refractivity contribution is 0.307. The van der Waals surface area contributed by atoms with Gasteiger partial charge < -0.3 is 9.64 Å². The van der Waals surface area contributed by atoms with Crippen LogP contribution in [0.15, 0.2) is 48.5 Å². The Labute approximate surface area is 131 Å². The molecule has 0 fully saturated rings. The number of fused-ring (bicyclic) bond motifs is 2. The van der Waals surface area contributed by atoms with Crippen molar-refractivity contribution in [2.45, 2.75) is 11.9 Å². The fourth-order valence-corrected chi connectivity index (χ4v) is 4.10. The van der Waals surface area contributed by atoms with Crippen LogP contribution in [0.25, 0.3) is 0 Å². The Hall–Kier alpha value is -1.45. The van der Waals surface area contributed by atoms with Gasteiger partial charge in [-0.25, -0.2) is 0 Å². The Morgan fingerprint density at radius 3 is 2.57 bits per heavy atom. The summed E-state index contributed by atoms with van der Waals surface area (Å²) in [6.45, 7) is 1.75. The molecule has 0 amide bonds. The highest BCUT2D eigenvalue weighted by atomic mass is 32.2. The van der Waals surface area contributed by atoms with Crippen LogP contribution in [0.1, 0.15) is 21.9 Å². The molecule has 2 nitrogen and oxygen atoms in total. The molecule has 1 aliphatic heterocycles. The highest BCUT2D eigenvalue weighted by Crippen LogP contribution is 2.43. The Kier molecular flexibility index (Phi) is 4.51. The van der Waals surface area contributed by atoms with Crippen molar-refractivity contribution in [3.8, 4) is 5.75 Å². The summed E-state index contributed by atoms with van der Waals surface area (Å²) in [6, 6.07) is 17.1. The summed E-state index contributed by atoms with van der Waals surface area (Å²) in [5, 5.41) is 0.361. The maximum Gasteiger partial charge on any atom is 0.124 e. The van der Waals surface area contributed by atoms with Gasteiger partial charge in [0.05, 0.1) is 5.25 Å². The fourth-order valence-electron chi connectivity index (χ4n) is 2.61. The summed E-state index contributed by atoms with van der Waals surface area (Å²) in [7, 11) is 4.25. The van der Waals surface area contributed by atoms with Crippen molar-refractivity contribution in [2.75, 3.05) is 26.4 Å². The third-order valence-corrected chi connectivity index (χ3v) is 5.00. The van der Waals surface area contributed by atoms with E-state index in [0.717, 1.165) is 18.0 Å². The standard InChI is InChI=1S/C18H21NOS/c1-19(2)11-12-21-18-15-8-4-3-7-14(15)13-20-17-10-6-5-9-16(17)18/h3-10,18H,11-13H2,1-2H3. The monoisotopic (exact) mass is 299 g/mol. The first kappa shape index (κ1) is 14.5. The van der Waals surface area contributed by atoms with Gasteiger partial charge in [0.15, 0.2) is 0 Å². The van der Waals surface area contributed by atoms with Gasteiger partial charge in [-0.1, -0.05) is 42.5 Å². The normalized spacial score (nSPS) is 16.8. The van der Waals surface area contributed by atoms with E-state index in [1.807, 2.05) is 11.8 Å². The SMILES string of the molecule is CN(C)CCSC1c2ccccc2COc2ccccc21. The summed E-state index contributed by atoms with van der Waals surface area (Å²) < 4.78 is 6.01. The van der Waals surface area contributed by atoms with Crippen molar-refractivity contribution in [3.63, 3.8) is 0 Å². The number of hydrogen-bond donors (Lipinski definition) is 0. The minimum atomic E-state index is 0.361. The van der Waals surface area contributed by atoms with E-state index in [1.54, 1.807) is 0 Å². The molecule has 0 aliphatic carbocycles. The molecule has 110 valence electrons. The largest absolute Gasteiger partial charge is 0.489 e. The number of ether oxygens (including phenoxy) is 1. The zero-order valence-electron chi connectivity index (χ0n) is 12.6. The topological polar surface area (TPSA) is 12.5 Å². The Bertz CT molecular complexity index is 564. The van der Waals surface area contributed by atoms with Gasteiger partial charge >= 0.3 is 0 Å². The van der Waals surface area contributed by atoms with Crippen molar-refractivity contribution in [1.29, 1.82) is 0 Å². The van der Waals surface area contributed by atoms with Crippen LogP contribution in [0.3, 0.4) is 0 Å². The molecule has 1 heterocycles. The summed E-state index contributed by atoms with van der Waals surface area (Å²) in [5.41, 5.74) is 3.99. The van der Waals surface area contributed by atoms with Crippen molar-refractivity contribution in [2.24, 2.45) is 0 Å². The quantitative estimate of drug-likeness (QED) is 0.848. The van der Waals surface area contributed by atoms with Crippen LogP contribution >= 0.6 is 11.8 Å². The molecule has 0 radical (unpaired) electrons. The zero-order valence-corrected chi connectivity index (χ0v) is 13.4. The molecule has 0 aromatic heterocycles. The van der Waals surface area contributed by atoms with E-state index in [1.165, 1.54) is 16.7 Å². The number of hydrogen-bond acceptors (Lipinski definition) is 3. The van der Waals surface area contributed by atoms with E-state index >= 15 is 0 Å². The molecule has 1 unspecified atom stereocenters. The van der Waals surface area contributed by atoms with Crippen LogP contribution in [0.5, 0.6) is 5.75 Å². The maximum absolute atomic E-state index is 6.01. The molecule has 1 aliphatic rings. The van der Waals surface area contributed by atoms with E-state index in [-0.39, 0.29) is 0 Å². The van der Waals surface area contributed by atoms with Gasteiger partial charge in [-0.3, -0.25) is 0 Å². The van der Waals surface area contributed by atoms with Crippen LogP contribution in [0, 0.1) is 0 Å². The molecule has 3 heteroatoms. The van der Waals surface area contributed by atoms with Crippen LogP contribution < -0.4 is 4.74 Å². The number of nitrogens with zero attached hydrogens (tertiary/aromatic N) is 1. The Morgan fingerprint density at radius 1 is 1.05 bits per heavy atom. The van der Waals surface area contributed by atoms with Crippen LogP contribution in [0.2, 0.25) is 0 Å². The first-order valence-electron chi connectivity index (χ1n) is 7.31. The lowest BCUT2D eigenvalue weighted by Gasteiger charge is -2.19. The van der Waals surface area contributed by atoms with Gasteiger partial charge in [0, 0.05) is 17.9 Å². The van der Waals surface area contributed by atoms with Gasteiger partial charge in [-0.05, 0) is 31.3 Å². The van der Waals surface area contributed by atoms with Crippen molar-refractivity contribution in [3.05, 3.63) is 65.2 Å². The minimum Gasteiger partial charge on any atom is -0.489 e. The predicted molar refractivity (Wildman–Crippen MR) is 90.1 cm³/mol. The van der Waals surface area contributed by atoms with E-state index in [2.05, 4.69) is 67.5 Å². The van der Waals surface area contributed by atoms with E-state index in [0.29, 0.717) is 11.9 Å². The third-order valence-electron chi connectivity index (χ3n) is 3.75. The second-order valence-electron chi connectivity index (χ2n) is 5.58. The summed E-state index contributed by atoms with van der Waals surface area (Å²) in [4.78, 5) is 2.23. The van der Waals surface area contributed by atoms with Gasteiger partial charge in [0.2, 0.25) is 0 Å². The van der Waals surface area contributed by atoms with Crippen LogP contribution in [-0.2, 0) is 6.61 Å². The average Bonchev–Trinajstić information content (AvgIpc) is 2.65. The summed E-state index contributed by atoms with van der Waals surface area (Å²) in [6.07, 6.45) is 0. The molecule has 2 aromatic rings. The molecule has 1 atom stereocenters. The lowest BCUT2D eigenvalue weighted by atomic mass is 10.0. The Morgan fingerprint density at radius 2 is 1.76 bits per heavy atom. The molecular weight excluding hydrogens is 278 g/mol. The smallest absolute Gasteiger partial charge is 0.124 e. The van der Waals surface area contributed by atoms with Crippen LogP contribution in [-0.4, -0.2) is 31.3 Å². The minimum absolute atomic E-state index is 0.361. The van der Waals surface area contributed by atoms with Gasteiger partial charge in [0.1, 0.15) is 12.4 Å². The molecular formula is C18H21NOS. The number of benzene rings is 2. The molecule has 2 aromatic carbocycles. The molecule has 3 rings (SSSR count). The first-order valence-corrected chi connectivity index (χ1v) is 8.36. The lowest BCUT2D eigenvalue weighted by Crippen LogP contribution is -2.15. The van der Waals surface area contributed by atoms with Crippen molar-refractivity contribution in [1.82, 2.24) is 4.90 Å². The third kappa shape index (κ3) is 3.25. The van der Waals surface area contributed by atoms with Gasteiger partial charge in [-0.15, -0.1) is 11.8 Å². The molecule has 21 heavy (non-hydrogen) atoms. The summed E-state index contributed by atoms with van der Waals surface area (Å²) in [5.74, 6) is 2.14. The van der Waals surface area contributed by atoms with Crippen molar-refractivity contribution < 1.29 is 4.74 Å². The number of rotatable bonds is 4. The molecule has 0 bridgehead atoms. The molecule has 0 saturated carbocycles. The molecule has 0 spiro atoms. The first-order chi connectivity index (χ1) is 10.3. The summed E-state index contributed by atoms with van der Waals surface area (Å²) >= 11 is 2.00. The van der Waals surface area contributed by atoms with Gasteiger partial charge in [0.25, 0.3) is 0 Å². The van der Waals surface area contributed by atoms with Crippen LogP contribution in [0.4, 0.5) is 0 Å². The van der Waals surface area contributed by atoms with E-state index in [9.17, 15) is 0 Å². The highest BCUT2D eigenvalue weighted by molar-refractivity contribution is 7.99. The maximum atomic E-state index is 6.01. The number of thioether (sulfide) groups is 1. The van der Waals surface area contributed by atoms with E-state index in [4.69, 9.17) is 4.74 Å². The van der Waals surface area contributed by atoms with Gasteiger partial charge in [-0.2, -0.15) is 0 Å². The zero-order chi connectivity index (χ0) is 14.7. The second-order valence-corrected chi connectivity index (χ2v) is 6.79. The van der Waals surface area contributed by atoms with Crippen molar-refractivity contribution >= 4 is 11.8 Å². The molecule has 0 saturated heterocycles. The predicted octanol–water partition coefficient (Wildman–Crippen LogP) is 3.96. The average molecular weight is 299 g/mol. The highest BCUT2D eigenvalue weighted by Gasteiger charge is 2.24. The van der Waals surface area contributed by atoms with E-state index < -0.39 is 0 Å². The molecule has 0 N–H and O–H groups in total. The number of para-hydroxylation sites is 1. The second kappa shape index (κ2) is 6.54. The Balaban J connectivity index is 1.95.